The van der Waals surface area contributed by atoms with Crippen molar-refractivity contribution in [1.29, 1.82) is 0 Å². The maximum absolute atomic E-state index is 4.80. The number of fused-ring (bicyclic) bond motifs is 2. The lowest BCUT2D eigenvalue weighted by atomic mass is 9.90. The predicted molar refractivity (Wildman–Crippen MR) is 119 cm³/mol. The van der Waals surface area contributed by atoms with Gasteiger partial charge in [0, 0.05) is 15.8 Å². The van der Waals surface area contributed by atoms with E-state index in [4.69, 9.17) is 4.98 Å². The van der Waals surface area contributed by atoms with Crippen LogP contribution in [0.2, 0.25) is 0 Å². The Bertz CT molecular complexity index is 1110. The number of benzene rings is 2. The zero-order chi connectivity index (χ0) is 18.2. The average molecular weight is 410 g/mol. The van der Waals surface area contributed by atoms with Gasteiger partial charge >= 0.3 is 0 Å². The van der Waals surface area contributed by atoms with Gasteiger partial charge in [-0.15, -0.1) is 23.1 Å². The van der Waals surface area contributed by atoms with Crippen LogP contribution in [-0.2, 0) is 12.8 Å². The number of hydrogen-bond acceptors (Lipinski definition) is 6. The summed E-state index contributed by atoms with van der Waals surface area (Å²) in [6.45, 7) is 0. The second kappa shape index (κ2) is 7.26. The summed E-state index contributed by atoms with van der Waals surface area (Å²) in [5.41, 5.74) is 6.30. The van der Waals surface area contributed by atoms with Crippen LogP contribution in [0, 0.1) is 0 Å². The van der Waals surface area contributed by atoms with Gasteiger partial charge in [0.25, 0.3) is 0 Å². The molecule has 3 nitrogen and oxygen atoms in total. The molecule has 6 heteroatoms. The summed E-state index contributed by atoms with van der Waals surface area (Å²) in [4.78, 5) is 10.8. The van der Waals surface area contributed by atoms with E-state index in [1.54, 1.807) is 34.4 Å². The predicted octanol–water partition coefficient (Wildman–Crippen LogP) is 6.76. The molecule has 1 aliphatic carbocycles. The Morgan fingerprint density at radius 1 is 0.963 bits per heavy atom. The van der Waals surface area contributed by atoms with Gasteiger partial charge in [-0.3, -0.25) is 0 Å². The molecule has 0 saturated carbocycles. The monoisotopic (exact) mass is 409 g/mol. The highest BCUT2D eigenvalue weighted by atomic mass is 32.2. The van der Waals surface area contributed by atoms with Crippen LogP contribution in [0.5, 0.6) is 0 Å². The summed E-state index contributed by atoms with van der Waals surface area (Å²) in [6.07, 6.45) is 7.13. The van der Waals surface area contributed by atoms with Crippen molar-refractivity contribution in [2.45, 2.75) is 30.6 Å². The Balaban J connectivity index is 1.39. The molecule has 0 saturated heterocycles. The first-order chi connectivity index (χ1) is 13.3. The van der Waals surface area contributed by atoms with Gasteiger partial charge in [-0.25, -0.2) is 9.97 Å². The van der Waals surface area contributed by atoms with Crippen LogP contribution in [-0.4, -0.2) is 16.2 Å². The molecule has 1 aliphatic rings. The fraction of sp³-hybridized carbons (Fsp3) is 0.238. The van der Waals surface area contributed by atoms with Gasteiger partial charge < -0.3 is 5.32 Å². The van der Waals surface area contributed by atoms with Gasteiger partial charge in [0.15, 0.2) is 10.3 Å². The Labute approximate surface area is 170 Å². The minimum atomic E-state index is 0.895. The molecule has 0 amide bonds. The second-order valence-corrected chi connectivity index (χ2v) is 9.47. The number of rotatable bonds is 4. The summed E-state index contributed by atoms with van der Waals surface area (Å²) in [5, 5.41) is 7.32. The normalized spacial score (nSPS) is 13.7. The number of hydrogen-bond donors (Lipinski definition) is 1. The van der Waals surface area contributed by atoms with E-state index >= 15 is 0 Å². The van der Waals surface area contributed by atoms with Crippen LogP contribution in [0.15, 0.2) is 46.7 Å². The first-order valence-electron chi connectivity index (χ1n) is 9.08. The van der Waals surface area contributed by atoms with E-state index in [9.17, 15) is 0 Å². The van der Waals surface area contributed by atoms with E-state index < -0.39 is 0 Å². The molecule has 5 rings (SSSR count). The van der Waals surface area contributed by atoms with Gasteiger partial charge in [0.1, 0.15) is 0 Å². The molecule has 0 radical (unpaired) electrons. The molecular weight excluding hydrogens is 390 g/mol. The number of aromatic nitrogens is 2. The van der Waals surface area contributed by atoms with E-state index in [1.165, 1.54) is 52.0 Å². The first-order valence-corrected chi connectivity index (χ1v) is 12.0. The second-order valence-electron chi connectivity index (χ2n) is 6.71. The van der Waals surface area contributed by atoms with Crippen LogP contribution >= 0.6 is 34.4 Å². The maximum atomic E-state index is 4.80. The maximum Gasteiger partial charge on any atom is 0.190 e. The number of anilines is 2. The number of aryl methyl sites for hydroxylation is 2. The summed E-state index contributed by atoms with van der Waals surface area (Å²) in [7, 11) is 0. The van der Waals surface area contributed by atoms with Crippen molar-refractivity contribution in [1.82, 2.24) is 9.97 Å². The van der Waals surface area contributed by atoms with Crippen molar-refractivity contribution in [2.75, 3.05) is 11.6 Å². The minimum absolute atomic E-state index is 0.895. The summed E-state index contributed by atoms with van der Waals surface area (Å²) in [5.74, 6) is 0. The third-order valence-corrected chi connectivity index (χ3v) is 7.37. The van der Waals surface area contributed by atoms with Crippen LogP contribution < -0.4 is 5.32 Å². The minimum Gasteiger partial charge on any atom is -0.307 e. The molecule has 0 bridgehead atoms. The van der Waals surface area contributed by atoms with Crippen molar-refractivity contribution < 1.29 is 0 Å². The Morgan fingerprint density at radius 2 is 1.85 bits per heavy atom. The zero-order valence-electron chi connectivity index (χ0n) is 15.0. The van der Waals surface area contributed by atoms with Crippen LogP contribution in [0.25, 0.3) is 21.5 Å². The molecule has 0 atom stereocenters. The standard InChI is InChI=1S/C21H19N3S3/c1-25-16-8-9-17-19(11-16)27-21(22-17)24-20-23-18(12-26-20)15-7-6-13-4-2-3-5-14(13)10-15/h6-12H,2-5H2,1H3,(H,22,23,24). The molecule has 136 valence electrons. The Morgan fingerprint density at radius 3 is 2.74 bits per heavy atom. The number of thioether (sulfide) groups is 1. The largest absolute Gasteiger partial charge is 0.307 e. The highest BCUT2D eigenvalue weighted by Gasteiger charge is 2.13. The lowest BCUT2D eigenvalue weighted by Gasteiger charge is -2.16. The zero-order valence-corrected chi connectivity index (χ0v) is 17.4. The molecule has 4 aromatic rings. The molecule has 0 spiro atoms. The third-order valence-electron chi connectivity index (χ3n) is 4.96. The van der Waals surface area contributed by atoms with E-state index in [0.29, 0.717) is 0 Å². The van der Waals surface area contributed by atoms with Crippen molar-refractivity contribution in [3.05, 3.63) is 52.9 Å². The molecule has 0 fully saturated rings. The summed E-state index contributed by atoms with van der Waals surface area (Å²) < 4.78 is 1.20. The summed E-state index contributed by atoms with van der Waals surface area (Å²) >= 11 is 5.07. The Hall–Kier alpha value is -1.89. The first kappa shape index (κ1) is 17.2. The van der Waals surface area contributed by atoms with Crippen molar-refractivity contribution in [3.8, 4) is 11.3 Å². The highest BCUT2D eigenvalue weighted by molar-refractivity contribution is 7.98. The van der Waals surface area contributed by atoms with Crippen LogP contribution in [0.1, 0.15) is 24.0 Å². The van der Waals surface area contributed by atoms with Crippen molar-refractivity contribution in [2.24, 2.45) is 0 Å². The van der Waals surface area contributed by atoms with Crippen LogP contribution in [0.4, 0.5) is 10.3 Å². The molecular formula is C21H19N3S3. The topological polar surface area (TPSA) is 37.8 Å². The molecule has 1 N–H and O–H groups in total. The quantitative estimate of drug-likeness (QED) is 0.378. The SMILES string of the molecule is CSc1ccc2nc(Nc3nc(-c4ccc5c(c4)CCCC5)cs3)sc2c1. The average Bonchev–Trinajstić information content (AvgIpc) is 3.33. The molecule has 27 heavy (non-hydrogen) atoms. The number of nitrogens with one attached hydrogen (secondary N) is 1. The third kappa shape index (κ3) is 3.49. The fourth-order valence-corrected chi connectivity index (χ4v) is 5.74. The van der Waals surface area contributed by atoms with Gasteiger partial charge in [-0.05, 0) is 67.3 Å². The van der Waals surface area contributed by atoms with Crippen molar-refractivity contribution >= 4 is 54.9 Å². The van der Waals surface area contributed by atoms with Gasteiger partial charge in [-0.2, -0.15) is 0 Å². The molecule has 0 unspecified atom stereocenters. The lowest BCUT2D eigenvalue weighted by molar-refractivity contribution is 0.686. The molecule has 2 aromatic carbocycles. The van der Waals surface area contributed by atoms with Gasteiger partial charge in [-0.1, -0.05) is 23.5 Å². The fourth-order valence-electron chi connectivity index (χ4n) is 3.53. The Kier molecular flexibility index (Phi) is 4.63. The van der Waals surface area contributed by atoms with Crippen LogP contribution in [0.3, 0.4) is 0 Å². The van der Waals surface area contributed by atoms with E-state index in [2.05, 4.69) is 58.3 Å². The van der Waals surface area contributed by atoms with E-state index in [-0.39, 0.29) is 0 Å². The lowest BCUT2D eigenvalue weighted by Crippen LogP contribution is -2.02. The van der Waals surface area contributed by atoms with Gasteiger partial charge in [0.2, 0.25) is 0 Å². The molecule has 2 aromatic heterocycles. The van der Waals surface area contributed by atoms with E-state index in [0.717, 1.165) is 21.5 Å². The van der Waals surface area contributed by atoms with Crippen molar-refractivity contribution in [3.63, 3.8) is 0 Å². The van der Waals surface area contributed by atoms with Gasteiger partial charge in [0.05, 0.1) is 15.9 Å². The van der Waals surface area contributed by atoms with E-state index in [1.807, 2.05) is 0 Å². The summed E-state index contributed by atoms with van der Waals surface area (Å²) in [6, 6.07) is 13.2. The molecule has 2 heterocycles. The number of nitrogens with zero attached hydrogens (tertiary/aromatic N) is 2. The smallest absolute Gasteiger partial charge is 0.190 e. The molecule has 0 aliphatic heterocycles. The highest BCUT2D eigenvalue weighted by Crippen LogP contribution is 2.34. The number of thiazole rings is 2.